The average molecular weight is 199 g/mol. The van der Waals surface area contributed by atoms with Crippen molar-refractivity contribution in [3.8, 4) is 11.8 Å². The van der Waals surface area contributed by atoms with E-state index < -0.39 is 0 Å². The second-order valence-electron chi connectivity index (χ2n) is 1.49. The predicted molar refractivity (Wildman–Crippen MR) is 39.4 cm³/mol. The molecule has 0 N–H and O–H groups in total. The van der Waals surface area contributed by atoms with Gasteiger partial charge >= 0.3 is 0 Å². The zero-order chi connectivity index (χ0) is 7.40. The van der Waals surface area contributed by atoms with E-state index in [1.807, 2.05) is 0 Å². The van der Waals surface area contributed by atoms with E-state index in [2.05, 4.69) is 27.8 Å². The lowest BCUT2D eigenvalue weighted by Crippen LogP contribution is -1.63. The minimum atomic E-state index is 0.485. The standard InChI is InChI=1S/C7H3BrO2/c8-7-4-3-6(10-7)2-1-5-9/h3-5H. The highest BCUT2D eigenvalue weighted by molar-refractivity contribution is 9.10. The van der Waals surface area contributed by atoms with E-state index in [1.54, 1.807) is 12.1 Å². The van der Waals surface area contributed by atoms with Crippen LogP contribution < -0.4 is 0 Å². The molecule has 0 unspecified atom stereocenters. The minimum absolute atomic E-state index is 0.485. The summed E-state index contributed by atoms with van der Waals surface area (Å²) in [6, 6.07) is 3.40. The monoisotopic (exact) mass is 198 g/mol. The molecule has 0 atom stereocenters. The molecule has 50 valence electrons. The number of furan rings is 1. The Bertz CT molecular complexity index is 290. The molecule has 0 saturated carbocycles. The van der Waals surface area contributed by atoms with Gasteiger partial charge in [-0.2, -0.15) is 0 Å². The van der Waals surface area contributed by atoms with Crippen LogP contribution in [-0.4, -0.2) is 6.29 Å². The molecule has 0 bridgehead atoms. The van der Waals surface area contributed by atoms with Crippen molar-refractivity contribution in [1.82, 2.24) is 0 Å². The third-order valence-corrected chi connectivity index (χ3v) is 1.25. The molecule has 0 fully saturated rings. The molecule has 0 radical (unpaired) electrons. The van der Waals surface area contributed by atoms with Gasteiger partial charge in [0.2, 0.25) is 0 Å². The van der Waals surface area contributed by atoms with Gasteiger partial charge in [0.1, 0.15) is 0 Å². The lowest BCUT2D eigenvalue weighted by Gasteiger charge is -1.75. The second kappa shape index (κ2) is 3.23. The van der Waals surface area contributed by atoms with Crippen LogP contribution in [0.4, 0.5) is 0 Å². The van der Waals surface area contributed by atoms with Crippen molar-refractivity contribution in [3.63, 3.8) is 0 Å². The van der Waals surface area contributed by atoms with E-state index in [9.17, 15) is 4.79 Å². The van der Waals surface area contributed by atoms with Crippen molar-refractivity contribution in [3.05, 3.63) is 22.6 Å². The van der Waals surface area contributed by atoms with Crippen molar-refractivity contribution >= 4 is 22.2 Å². The van der Waals surface area contributed by atoms with E-state index in [1.165, 1.54) is 0 Å². The van der Waals surface area contributed by atoms with Gasteiger partial charge in [-0.3, -0.25) is 4.79 Å². The minimum Gasteiger partial charge on any atom is -0.441 e. The Morgan fingerprint density at radius 2 is 2.40 bits per heavy atom. The average Bonchev–Trinajstić information content (AvgIpc) is 2.31. The molecule has 0 aliphatic carbocycles. The van der Waals surface area contributed by atoms with Crippen molar-refractivity contribution in [2.24, 2.45) is 0 Å². The maximum atomic E-state index is 9.76. The van der Waals surface area contributed by atoms with Crippen molar-refractivity contribution < 1.29 is 9.21 Å². The summed E-state index contributed by atoms with van der Waals surface area (Å²) in [6.45, 7) is 0. The van der Waals surface area contributed by atoms with Crippen LogP contribution in [0.25, 0.3) is 0 Å². The number of rotatable bonds is 0. The molecule has 3 heteroatoms. The van der Waals surface area contributed by atoms with Crippen LogP contribution in [0.3, 0.4) is 0 Å². The highest BCUT2D eigenvalue weighted by Gasteiger charge is 1.91. The molecule has 1 rings (SSSR count). The van der Waals surface area contributed by atoms with Crippen LogP contribution in [0.15, 0.2) is 21.2 Å². The Hall–Kier alpha value is -1.01. The quantitative estimate of drug-likeness (QED) is 0.469. The highest BCUT2D eigenvalue weighted by Crippen LogP contribution is 2.12. The molecule has 0 aliphatic rings. The second-order valence-corrected chi connectivity index (χ2v) is 2.27. The molecule has 1 aromatic heterocycles. The fraction of sp³-hybridized carbons (Fsp3) is 0. The first-order chi connectivity index (χ1) is 4.83. The first kappa shape index (κ1) is 7.10. The number of hydrogen-bond acceptors (Lipinski definition) is 2. The molecule has 0 amide bonds. The van der Waals surface area contributed by atoms with Crippen LogP contribution >= 0.6 is 15.9 Å². The normalized spacial score (nSPS) is 8.10. The molecule has 0 saturated heterocycles. The number of carbonyl (C=O) groups excluding carboxylic acids is 1. The van der Waals surface area contributed by atoms with Gasteiger partial charge in [0.05, 0.1) is 0 Å². The number of aldehydes is 1. The maximum absolute atomic E-state index is 9.76. The molecular formula is C7H3BrO2. The smallest absolute Gasteiger partial charge is 0.193 e. The van der Waals surface area contributed by atoms with Gasteiger partial charge in [0.15, 0.2) is 16.7 Å². The summed E-state index contributed by atoms with van der Waals surface area (Å²) >= 11 is 3.10. The summed E-state index contributed by atoms with van der Waals surface area (Å²) < 4.78 is 5.58. The van der Waals surface area contributed by atoms with Crippen LogP contribution in [-0.2, 0) is 4.79 Å². The summed E-state index contributed by atoms with van der Waals surface area (Å²) in [7, 11) is 0. The highest BCUT2D eigenvalue weighted by atomic mass is 79.9. The van der Waals surface area contributed by atoms with Gasteiger partial charge < -0.3 is 4.42 Å². The summed E-state index contributed by atoms with van der Waals surface area (Å²) in [5.74, 6) is 5.22. The van der Waals surface area contributed by atoms with E-state index >= 15 is 0 Å². The lowest BCUT2D eigenvalue weighted by molar-refractivity contribution is -0.103. The fourth-order valence-electron chi connectivity index (χ4n) is 0.482. The zero-order valence-electron chi connectivity index (χ0n) is 4.93. The molecule has 0 aliphatic heterocycles. The van der Waals surface area contributed by atoms with Crippen LogP contribution in [0.5, 0.6) is 0 Å². The van der Waals surface area contributed by atoms with Gasteiger partial charge in [-0.15, -0.1) is 0 Å². The van der Waals surface area contributed by atoms with Crippen LogP contribution in [0.1, 0.15) is 5.76 Å². The Kier molecular flexibility index (Phi) is 2.30. The molecule has 1 heterocycles. The van der Waals surface area contributed by atoms with Crippen LogP contribution in [0, 0.1) is 11.8 Å². The topological polar surface area (TPSA) is 30.2 Å². The summed E-state index contributed by atoms with van der Waals surface area (Å²) in [5.41, 5.74) is 0. The summed E-state index contributed by atoms with van der Waals surface area (Å²) in [6.07, 6.45) is 0.524. The first-order valence-corrected chi connectivity index (χ1v) is 3.33. The van der Waals surface area contributed by atoms with Gasteiger partial charge in [0.25, 0.3) is 0 Å². The molecule has 10 heavy (non-hydrogen) atoms. The predicted octanol–water partition coefficient (Wildman–Crippen LogP) is 1.59. The largest absolute Gasteiger partial charge is 0.441 e. The number of halogens is 1. The van der Waals surface area contributed by atoms with Crippen LogP contribution in [0.2, 0.25) is 0 Å². The van der Waals surface area contributed by atoms with E-state index in [0.717, 1.165) is 0 Å². The molecular weight excluding hydrogens is 196 g/mol. The Balaban J connectivity index is 2.85. The number of carbonyl (C=O) groups is 1. The van der Waals surface area contributed by atoms with E-state index in [4.69, 9.17) is 4.42 Å². The Morgan fingerprint density at radius 3 is 2.90 bits per heavy atom. The molecule has 1 aromatic rings. The third-order valence-electron chi connectivity index (χ3n) is 0.827. The fourth-order valence-corrected chi connectivity index (χ4v) is 0.789. The summed E-state index contributed by atoms with van der Waals surface area (Å²) in [5, 5.41) is 0. The summed E-state index contributed by atoms with van der Waals surface area (Å²) in [4.78, 5) is 9.76. The zero-order valence-corrected chi connectivity index (χ0v) is 6.51. The Labute approximate surface area is 66.3 Å². The molecule has 2 nitrogen and oxygen atoms in total. The molecule has 0 aromatic carbocycles. The Morgan fingerprint density at radius 1 is 1.60 bits per heavy atom. The lowest BCUT2D eigenvalue weighted by atomic mass is 10.4. The SMILES string of the molecule is O=CC#Cc1ccc(Br)o1. The van der Waals surface area contributed by atoms with E-state index in [-0.39, 0.29) is 0 Å². The van der Waals surface area contributed by atoms with Crippen molar-refractivity contribution in [1.29, 1.82) is 0 Å². The van der Waals surface area contributed by atoms with Gasteiger partial charge in [0, 0.05) is 0 Å². The van der Waals surface area contributed by atoms with Gasteiger partial charge in [-0.1, -0.05) is 0 Å². The van der Waals surface area contributed by atoms with Gasteiger partial charge in [-0.05, 0) is 39.9 Å². The van der Waals surface area contributed by atoms with E-state index in [0.29, 0.717) is 16.7 Å². The van der Waals surface area contributed by atoms with Crippen molar-refractivity contribution in [2.75, 3.05) is 0 Å². The first-order valence-electron chi connectivity index (χ1n) is 2.53. The number of hydrogen-bond donors (Lipinski definition) is 0. The third kappa shape index (κ3) is 1.74. The van der Waals surface area contributed by atoms with Crippen molar-refractivity contribution in [2.45, 2.75) is 0 Å². The molecule has 0 spiro atoms. The van der Waals surface area contributed by atoms with Gasteiger partial charge in [-0.25, -0.2) is 0 Å². The maximum Gasteiger partial charge on any atom is 0.193 e.